The minimum Gasteiger partial charge on any atom is -0.444 e. The number of amides is 1. The number of hydrogen-bond acceptors (Lipinski definition) is 5. The Hall–Kier alpha value is -1.54. The number of ether oxygens (including phenoxy) is 1. The van der Waals surface area contributed by atoms with Gasteiger partial charge < -0.3 is 25.6 Å². The van der Waals surface area contributed by atoms with Crippen molar-refractivity contribution in [2.24, 2.45) is 4.99 Å². The number of aliphatic imine (C=N–C) groups is 1. The Balaban J connectivity index is 1.91. The first-order chi connectivity index (χ1) is 14.4. The smallest absolute Gasteiger partial charge is 0.408 e. The first-order valence-corrected chi connectivity index (χ1v) is 11.8. The molecule has 0 aromatic heterocycles. The third kappa shape index (κ3) is 8.48. The number of nitrogens with one attached hydrogen (secondary N) is 3. The van der Waals surface area contributed by atoms with E-state index in [9.17, 15) is 4.79 Å². The lowest BCUT2D eigenvalue weighted by atomic mass is 9.84. The molecule has 2 heterocycles. The molecule has 3 N–H and O–H groups in total. The third-order valence-corrected chi connectivity index (χ3v) is 6.29. The summed E-state index contributed by atoms with van der Waals surface area (Å²) in [5.41, 5.74) is -0.797. The van der Waals surface area contributed by atoms with Gasteiger partial charge in [0, 0.05) is 25.7 Å². The molecule has 0 atom stereocenters. The number of likely N-dealkylation sites (tertiary alicyclic amines) is 2. The Morgan fingerprint density at radius 3 is 2.16 bits per heavy atom. The van der Waals surface area contributed by atoms with Crippen LogP contribution in [0.25, 0.3) is 0 Å². The predicted octanol–water partition coefficient (Wildman–Crippen LogP) is 2.41. The van der Waals surface area contributed by atoms with Crippen LogP contribution in [0.15, 0.2) is 4.99 Å². The third-order valence-electron chi connectivity index (χ3n) is 6.29. The molecule has 1 amide bonds. The van der Waals surface area contributed by atoms with Gasteiger partial charge in [-0.1, -0.05) is 6.42 Å². The lowest BCUT2D eigenvalue weighted by Crippen LogP contribution is -2.62. The van der Waals surface area contributed by atoms with Gasteiger partial charge in [0.25, 0.3) is 0 Å². The number of carbonyl (C=O) groups excluding carboxylic acids is 1. The van der Waals surface area contributed by atoms with Crippen molar-refractivity contribution in [1.82, 2.24) is 25.8 Å². The Bertz CT molecular complexity index is 600. The summed E-state index contributed by atoms with van der Waals surface area (Å²) in [6.45, 7) is 15.7. The van der Waals surface area contributed by atoms with Gasteiger partial charge in [-0.15, -0.1) is 0 Å². The molecule has 8 nitrogen and oxygen atoms in total. The van der Waals surface area contributed by atoms with Crippen LogP contribution < -0.4 is 16.0 Å². The van der Waals surface area contributed by atoms with Crippen LogP contribution >= 0.6 is 0 Å². The largest absolute Gasteiger partial charge is 0.444 e. The Labute approximate surface area is 189 Å². The van der Waals surface area contributed by atoms with Crippen molar-refractivity contribution in [3.63, 3.8) is 0 Å². The van der Waals surface area contributed by atoms with Crippen LogP contribution in [0, 0.1) is 0 Å². The van der Waals surface area contributed by atoms with Crippen molar-refractivity contribution in [2.75, 3.05) is 53.4 Å². The average molecular weight is 439 g/mol. The van der Waals surface area contributed by atoms with Crippen LogP contribution in [0.4, 0.5) is 4.79 Å². The molecule has 0 radical (unpaired) electrons. The molecule has 8 heteroatoms. The van der Waals surface area contributed by atoms with Gasteiger partial charge in [-0.25, -0.2) is 4.79 Å². The van der Waals surface area contributed by atoms with Gasteiger partial charge in [-0.05, 0) is 93.5 Å². The van der Waals surface area contributed by atoms with Crippen molar-refractivity contribution in [3.05, 3.63) is 0 Å². The number of guanidine groups is 1. The summed E-state index contributed by atoms with van der Waals surface area (Å²) in [4.78, 5) is 21.7. The normalized spacial score (nSPS) is 21.5. The number of nitrogens with zero attached hydrogens (tertiary/aromatic N) is 3. The van der Waals surface area contributed by atoms with Gasteiger partial charge in [0.05, 0.1) is 5.54 Å². The van der Waals surface area contributed by atoms with Crippen molar-refractivity contribution in [2.45, 2.75) is 83.4 Å². The summed E-state index contributed by atoms with van der Waals surface area (Å²) in [5.74, 6) is 0.773. The van der Waals surface area contributed by atoms with E-state index >= 15 is 0 Å². The number of piperidine rings is 2. The molecule has 2 aliphatic rings. The predicted molar refractivity (Wildman–Crippen MR) is 128 cm³/mol. The van der Waals surface area contributed by atoms with Gasteiger partial charge in [-0.2, -0.15) is 0 Å². The first kappa shape index (κ1) is 25.7. The minimum absolute atomic E-state index is 0.189. The van der Waals surface area contributed by atoms with E-state index in [-0.39, 0.29) is 5.54 Å². The second-order valence-electron chi connectivity index (χ2n) is 10.9. The molecule has 0 bridgehead atoms. The summed E-state index contributed by atoms with van der Waals surface area (Å²) < 4.78 is 5.39. The summed E-state index contributed by atoms with van der Waals surface area (Å²) >= 11 is 0. The maximum Gasteiger partial charge on any atom is 0.408 e. The zero-order valence-corrected chi connectivity index (χ0v) is 20.9. The van der Waals surface area contributed by atoms with Crippen LogP contribution in [-0.4, -0.2) is 91.9 Å². The van der Waals surface area contributed by atoms with Gasteiger partial charge in [0.1, 0.15) is 5.60 Å². The number of carbonyl (C=O) groups is 1. The second kappa shape index (κ2) is 10.9. The lowest BCUT2D eigenvalue weighted by molar-refractivity contribution is 0.0173. The van der Waals surface area contributed by atoms with Crippen LogP contribution in [0.3, 0.4) is 0 Å². The molecule has 0 unspecified atom stereocenters. The highest BCUT2D eigenvalue weighted by atomic mass is 16.6. The van der Waals surface area contributed by atoms with Crippen molar-refractivity contribution in [3.8, 4) is 0 Å². The SMILES string of the molecule is CN=C(NCC(C)(C)NC(=O)OC(C)(C)C)NCC1(N2CCCCC2)CCN(C)CC1. The van der Waals surface area contributed by atoms with Gasteiger partial charge >= 0.3 is 6.09 Å². The van der Waals surface area contributed by atoms with E-state index < -0.39 is 17.2 Å². The standard InChI is InChI=1S/C23H46N6O2/c1-21(2,3)31-20(30)27-22(4,5)17-25-19(24-6)26-18-23(11-15-28(7)16-12-23)29-13-9-8-10-14-29/h8-18H2,1-7H3,(H,27,30)(H2,24,25,26). The Kier molecular flexibility index (Phi) is 9.01. The van der Waals surface area contributed by atoms with Crippen molar-refractivity contribution in [1.29, 1.82) is 0 Å². The molecule has 180 valence electrons. The van der Waals surface area contributed by atoms with E-state index in [1.807, 2.05) is 34.6 Å². The van der Waals surface area contributed by atoms with E-state index in [1.165, 1.54) is 45.2 Å². The van der Waals surface area contributed by atoms with Gasteiger partial charge in [0.2, 0.25) is 0 Å². The number of alkyl carbamates (subject to hydrolysis) is 1. The molecule has 0 aromatic carbocycles. The van der Waals surface area contributed by atoms with E-state index in [4.69, 9.17) is 4.74 Å². The maximum atomic E-state index is 12.1. The zero-order chi connectivity index (χ0) is 23.1. The fraction of sp³-hybridized carbons (Fsp3) is 0.913. The highest BCUT2D eigenvalue weighted by Gasteiger charge is 2.39. The van der Waals surface area contributed by atoms with Crippen molar-refractivity contribution < 1.29 is 9.53 Å². The molecule has 2 rings (SSSR count). The highest BCUT2D eigenvalue weighted by Crippen LogP contribution is 2.30. The fourth-order valence-electron chi connectivity index (χ4n) is 4.41. The molecular weight excluding hydrogens is 392 g/mol. The molecule has 0 aliphatic carbocycles. The summed E-state index contributed by atoms with van der Waals surface area (Å²) in [6, 6.07) is 0. The quantitative estimate of drug-likeness (QED) is 0.436. The first-order valence-electron chi connectivity index (χ1n) is 11.8. The van der Waals surface area contributed by atoms with Crippen LogP contribution in [0.2, 0.25) is 0 Å². The van der Waals surface area contributed by atoms with Gasteiger partial charge in [-0.3, -0.25) is 9.89 Å². The lowest BCUT2D eigenvalue weighted by Gasteiger charge is -2.50. The minimum atomic E-state index is -0.512. The summed E-state index contributed by atoms with van der Waals surface area (Å²) in [5, 5.41) is 9.92. The van der Waals surface area contributed by atoms with E-state index in [1.54, 1.807) is 7.05 Å². The van der Waals surface area contributed by atoms with Crippen molar-refractivity contribution >= 4 is 12.1 Å². The molecule has 0 spiro atoms. The van der Waals surface area contributed by atoms with E-state index in [2.05, 4.69) is 37.8 Å². The molecule has 31 heavy (non-hydrogen) atoms. The summed E-state index contributed by atoms with van der Waals surface area (Å²) in [7, 11) is 4.01. The summed E-state index contributed by atoms with van der Waals surface area (Å²) in [6.07, 6.45) is 5.91. The molecule has 0 saturated carbocycles. The average Bonchev–Trinajstić information content (AvgIpc) is 2.68. The number of rotatable bonds is 6. The molecular formula is C23H46N6O2. The second-order valence-corrected chi connectivity index (χ2v) is 10.9. The Morgan fingerprint density at radius 2 is 1.61 bits per heavy atom. The molecule has 2 fully saturated rings. The fourth-order valence-corrected chi connectivity index (χ4v) is 4.41. The van der Waals surface area contributed by atoms with Gasteiger partial charge in [0.15, 0.2) is 5.96 Å². The molecule has 2 saturated heterocycles. The van der Waals surface area contributed by atoms with Crippen LogP contribution in [0.1, 0.15) is 66.7 Å². The topological polar surface area (TPSA) is 81.2 Å². The highest BCUT2D eigenvalue weighted by molar-refractivity contribution is 5.80. The van der Waals surface area contributed by atoms with Crippen LogP contribution in [-0.2, 0) is 4.74 Å². The van der Waals surface area contributed by atoms with E-state index in [0.29, 0.717) is 6.54 Å². The maximum absolute atomic E-state index is 12.1. The van der Waals surface area contributed by atoms with Crippen LogP contribution in [0.5, 0.6) is 0 Å². The molecule has 2 aliphatic heterocycles. The Morgan fingerprint density at radius 1 is 1.00 bits per heavy atom. The molecule has 0 aromatic rings. The monoisotopic (exact) mass is 438 g/mol. The van der Waals surface area contributed by atoms with E-state index in [0.717, 1.165) is 25.6 Å². The number of hydrogen-bond donors (Lipinski definition) is 3. The zero-order valence-electron chi connectivity index (χ0n) is 20.9.